The van der Waals surface area contributed by atoms with E-state index in [9.17, 15) is 9.00 Å². The van der Waals surface area contributed by atoms with E-state index in [1.165, 1.54) is 38.0 Å². The zero-order valence-electron chi connectivity index (χ0n) is 11.3. The molecule has 0 fully saturated rings. The van der Waals surface area contributed by atoms with Crippen LogP contribution in [0.1, 0.15) is 5.76 Å². The normalized spacial score (nSPS) is 12.8. The molecule has 1 unspecified atom stereocenters. The molecule has 0 amide bonds. The van der Waals surface area contributed by atoms with Crippen LogP contribution in [0.4, 0.5) is 0 Å². The topological polar surface area (TPSA) is 65.7 Å². The molecule has 6 heteroatoms. The van der Waals surface area contributed by atoms with E-state index in [-0.39, 0.29) is 5.43 Å². The van der Waals surface area contributed by atoms with Gasteiger partial charge in [0.2, 0.25) is 0 Å². The van der Waals surface area contributed by atoms with Crippen molar-refractivity contribution in [1.82, 2.24) is 0 Å². The van der Waals surface area contributed by atoms with Gasteiger partial charge in [0.25, 0.3) is 0 Å². The molecule has 0 aliphatic carbocycles. The Bertz CT molecular complexity index is 745. The quantitative estimate of drug-likeness (QED) is 0.864. The van der Waals surface area contributed by atoms with Gasteiger partial charge in [-0.2, -0.15) is 0 Å². The van der Waals surface area contributed by atoms with Crippen molar-refractivity contribution in [2.24, 2.45) is 0 Å². The van der Waals surface area contributed by atoms with Gasteiger partial charge < -0.3 is 13.9 Å². The van der Waals surface area contributed by atoms with E-state index in [1.54, 1.807) is 12.1 Å². The van der Waals surface area contributed by atoms with Crippen molar-refractivity contribution in [2.45, 2.75) is 0 Å². The first-order valence-corrected chi connectivity index (χ1v) is 7.37. The van der Waals surface area contributed by atoms with E-state index < -0.39 is 10.8 Å². The highest BCUT2D eigenvalue weighted by Gasteiger charge is 2.10. The molecule has 1 atom stereocenters. The first kappa shape index (κ1) is 14.3. The Morgan fingerprint density at radius 1 is 1.15 bits per heavy atom. The molecule has 0 saturated carbocycles. The number of hydrogen-bond acceptors (Lipinski definition) is 5. The zero-order valence-corrected chi connectivity index (χ0v) is 12.2. The van der Waals surface area contributed by atoms with E-state index in [1.807, 2.05) is 0 Å². The number of benzene rings is 1. The Hall–Kier alpha value is -2.08. The standard InChI is InChI=1S/C14H14O5S/c1-17-13-7-10-11(15)6-9(4-5-20(3)16)19-12(10)8-14(13)18-2/h4-8H,1-3H3. The third kappa shape index (κ3) is 2.91. The molecule has 1 aromatic carbocycles. The lowest BCUT2D eigenvalue weighted by atomic mass is 10.2. The fourth-order valence-electron chi connectivity index (χ4n) is 1.75. The molecular formula is C14H14O5S. The Morgan fingerprint density at radius 2 is 1.80 bits per heavy atom. The highest BCUT2D eigenvalue weighted by molar-refractivity contribution is 7.87. The van der Waals surface area contributed by atoms with Gasteiger partial charge in [0.05, 0.1) is 19.6 Å². The number of hydrogen-bond donors (Lipinski definition) is 0. The van der Waals surface area contributed by atoms with Gasteiger partial charge >= 0.3 is 0 Å². The van der Waals surface area contributed by atoms with Crippen LogP contribution in [0.25, 0.3) is 17.0 Å². The second kappa shape index (κ2) is 5.92. The van der Waals surface area contributed by atoms with Crippen molar-refractivity contribution < 1.29 is 18.1 Å². The van der Waals surface area contributed by atoms with Crippen LogP contribution in [0, 0.1) is 0 Å². The summed E-state index contributed by atoms with van der Waals surface area (Å²) in [5.74, 6) is 1.28. The minimum atomic E-state index is -1.10. The molecule has 0 saturated heterocycles. The molecule has 0 spiro atoms. The number of ether oxygens (including phenoxy) is 2. The first-order valence-electron chi connectivity index (χ1n) is 5.75. The SMILES string of the molecule is COc1cc2oc(C=CS(C)=O)cc(=O)c2cc1OC. The van der Waals surface area contributed by atoms with Crippen LogP contribution < -0.4 is 14.9 Å². The minimum Gasteiger partial charge on any atom is -0.493 e. The zero-order chi connectivity index (χ0) is 14.7. The summed E-state index contributed by atoms with van der Waals surface area (Å²) in [7, 11) is 1.90. The molecule has 0 radical (unpaired) electrons. The molecule has 0 aliphatic heterocycles. The summed E-state index contributed by atoms with van der Waals surface area (Å²) < 4.78 is 26.9. The number of methoxy groups -OCH3 is 2. The van der Waals surface area contributed by atoms with E-state index >= 15 is 0 Å². The van der Waals surface area contributed by atoms with Crippen LogP contribution in [-0.2, 0) is 10.8 Å². The second-order valence-electron chi connectivity index (χ2n) is 4.02. The molecule has 5 nitrogen and oxygen atoms in total. The Balaban J connectivity index is 2.65. The maximum atomic E-state index is 12.0. The van der Waals surface area contributed by atoms with E-state index in [2.05, 4.69) is 0 Å². The highest BCUT2D eigenvalue weighted by atomic mass is 32.2. The summed E-state index contributed by atoms with van der Waals surface area (Å²) in [6.07, 6.45) is 3.04. The molecule has 0 bridgehead atoms. The molecule has 20 heavy (non-hydrogen) atoms. The van der Waals surface area contributed by atoms with Crippen LogP contribution >= 0.6 is 0 Å². The average molecular weight is 294 g/mol. The maximum absolute atomic E-state index is 12.0. The first-order chi connectivity index (χ1) is 9.55. The molecule has 0 aliphatic rings. The van der Waals surface area contributed by atoms with E-state index in [0.29, 0.717) is 28.2 Å². The van der Waals surface area contributed by atoms with Crippen molar-refractivity contribution >= 4 is 27.8 Å². The van der Waals surface area contributed by atoms with Crippen LogP contribution in [0.5, 0.6) is 11.5 Å². The third-order valence-electron chi connectivity index (χ3n) is 2.68. The predicted octanol–water partition coefficient (Wildman–Crippen LogP) is 2.16. The maximum Gasteiger partial charge on any atom is 0.193 e. The molecule has 106 valence electrons. The van der Waals surface area contributed by atoms with Gasteiger partial charge in [0.1, 0.15) is 11.3 Å². The van der Waals surface area contributed by atoms with Gasteiger partial charge in [0.15, 0.2) is 16.9 Å². The van der Waals surface area contributed by atoms with Crippen molar-refractivity contribution in [3.05, 3.63) is 39.6 Å². The van der Waals surface area contributed by atoms with Crippen molar-refractivity contribution in [2.75, 3.05) is 20.5 Å². The summed E-state index contributed by atoms with van der Waals surface area (Å²) >= 11 is 0. The van der Waals surface area contributed by atoms with Crippen LogP contribution in [-0.4, -0.2) is 24.7 Å². The van der Waals surface area contributed by atoms with Gasteiger partial charge in [-0.05, 0) is 12.1 Å². The van der Waals surface area contributed by atoms with Crippen molar-refractivity contribution in [3.8, 4) is 11.5 Å². The lowest BCUT2D eigenvalue weighted by Crippen LogP contribution is -2.01. The van der Waals surface area contributed by atoms with E-state index in [4.69, 9.17) is 13.9 Å². The summed E-state index contributed by atoms with van der Waals surface area (Å²) in [5.41, 5.74) is 0.186. The van der Waals surface area contributed by atoms with Gasteiger partial charge in [-0.15, -0.1) is 0 Å². The predicted molar refractivity (Wildman–Crippen MR) is 78.7 cm³/mol. The monoisotopic (exact) mass is 294 g/mol. The molecular weight excluding hydrogens is 280 g/mol. The molecule has 1 heterocycles. The fourth-order valence-corrected chi connectivity index (χ4v) is 2.07. The lowest BCUT2D eigenvalue weighted by Gasteiger charge is -2.08. The average Bonchev–Trinajstić information content (AvgIpc) is 2.43. The van der Waals surface area contributed by atoms with Crippen molar-refractivity contribution in [1.29, 1.82) is 0 Å². The summed E-state index contributed by atoms with van der Waals surface area (Å²) in [6.45, 7) is 0. The molecule has 2 aromatic rings. The Morgan fingerprint density at radius 3 is 2.40 bits per heavy atom. The third-order valence-corrected chi connectivity index (χ3v) is 3.20. The second-order valence-corrected chi connectivity index (χ2v) is 5.29. The summed E-state index contributed by atoms with van der Waals surface area (Å²) in [6, 6.07) is 4.51. The van der Waals surface area contributed by atoms with Gasteiger partial charge in [-0.1, -0.05) is 0 Å². The van der Waals surface area contributed by atoms with Gasteiger partial charge in [0, 0.05) is 34.6 Å². The highest BCUT2D eigenvalue weighted by Crippen LogP contribution is 2.31. The number of fused-ring (bicyclic) bond motifs is 1. The van der Waals surface area contributed by atoms with Gasteiger partial charge in [-0.25, -0.2) is 0 Å². The molecule has 0 N–H and O–H groups in total. The van der Waals surface area contributed by atoms with Gasteiger partial charge in [-0.3, -0.25) is 9.00 Å². The minimum absolute atomic E-state index is 0.200. The van der Waals surface area contributed by atoms with Crippen LogP contribution in [0.15, 0.2) is 32.8 Å². The smallest absolute Gasteiger partial charge is 0.193 e. The lowest BCUT2D eigenvalue weighted by molar-refractivity contribution is 0.355. The summed E-state index contributed by atoms with van der Waals surface area (Å²) in [4.78, 5) is 12.0. The van der Waals surface area contributed by atoms with Crippen molar-refractivity contribution in [3.63, 3.8) is 0 Å². The largest absolute Gasteiger partial charge is 0.493 e. The van der Waals surface area contributed by atoms with Crippen LogP contribution in [0.2, 0.25) is 0 Å². The van der Waals surface area contributed by atoms with Crippen LogP contribution in [0.3, 0.4) is 0 Å². The molecule has 2 rings (SSSR count). The Labute approximate surface area is 118 Å². The Kier molecular flexibility index (Phi) is 4.24. The summed E-state index contributed by atoms with van der Waals surface area (Å²) in [5, 5.41) is 1.85. The fraction of sp³-hybridized carbons (Fsp3) is 0.214. The van der Waals surface area contributed by atoms with E-state index in [0.717, 1.165) is 0 Å². The number of rotatable bonds is 4. The molecule has 1 aromatic heterocycles.